The molecule has 0 radical (unpaired) electrons. The number of hydrogen-bond acceptors (Lipinski definition) is 0. The third kappa shape index (κ3) is 15.8. The summed E-state index contributed by atoms with van der Waals surface area (Å²) in [6, 6.07) is 0. The van der Waals surface area contributed by atoms with Crippen LogP contribution in [0.1, 0.15) is 268 Å². The Morgan fingerprint density at radius 3 is 1.07 bits per heavy atom. The molecule has 0 heterocycles. The fraction of sp³-hybridized carbons (Fsp3) is 1.00. The van der Waals surface area contributed by atoms with Gasteiger partial charge in [-0.2, -0.15) is 0 Å². The highest BCUT2D eigenvalue weighted by Crippen LogP contribution is 2.68. The molecule has 0 heteroatoms. The molecule has 0 aromatic heterocycles. The highest BCUT2D eigenvalue weighted by molar-refractivity contribution is 5.08. The van der Waals surface area contributed by atoms with Crippen LogP contribution in [0.5, 0.6) is 0 Å². The van der Waals surface area contributed by atoms with Crippen molar-refractivity contribution >= 4 is 0 Å². The average Bonchev–Trinajstić information content (AvgIpc) is 3.06. The molecule has 0 bridgehead atoms. The van der Waals surface area contributed by atoms with Crippen molar-refractivity contribution in [3.8, 4) is 0 Å². The highest BCUT2D eigenvalue weighted by Gasteiger charge is 2.59. The van der Waals surface area contributed by atoms with Crippen molar-refractivity contribution in [2.75, 3.05) is 0 Å². The Balaban J connectivity index is 7.23. The molecule has 0 aliphatic carbocycles. The van der Waals surface area contributed by atoms with E-state index in [1.807, 2.05) is 0 Å². The van der Waals surface area contributed by atoms with Crippen molar-refractivity contribution in [3.05, 3.63) is 0 Å². The van der Waals surface area contributed by atoms with Crippen LogP contribution in [0, 0.1) is 22.2 Å². The van der Waals surface area contributed by atoms with Gasteiger partial charge in [-0.25, -0.2) is 0 Å². The van der Waals surface area contributed by atoms with E-state index in [4.69, 9.17) is 0 Å². The van der Waals surface area contributed by atoms with Crippen LogP contribution in [0.4, 0.5) is 0 Å². The summed E-state index contributed by atoms with van der Waals surface area (Å²) in [6.45, 7) is 22.5. The van der Waals surface area contributed by atoms with Gasteiger partial charge in [0.25, 0.3) is 0 Å². The number of hydrogen-bond donors (Lipinski definition) is 0. The minimum Gasteiger partial charge on any atom is -0.0654 e. The van der Waals surface area contributed by atoms with E-state index in [0.29, 0.717) is 16.2 Å². The highest BCUT2D eigenvalue weighted by atomic mass is 14.6. The number of rotatable bonds is 35. The molecule has 0 spiro atoms. The molecule has 0 aromatic rings. The molecule has 0 N–H and O–H groups in total. The van der Waals surface area contributed by atoms with Crippen LogP contribution in [-0.2, 0) is 0 Å². The molecule has 45 heavy (non-hydrogen) atoms. The zero-order chi connectivity index (χ0) is 33.7. The predicted octanol–water partition coefficient (Wildman–Crippen LogP) is 17.2. The molecule has 272 valence electrons. The van der Waals surface area contributed by atoms with Gasteiger partial charge < -0.3 is 0 Å². The van der Waals surface area contributed by atoms with E-state index in [1.54, 1.807) is 0 Å². The van der Waals surface area contributed by atoms with Crippen LogP contribution in [0.25, 0.3) is 0 Å². The van der Waals surface area contributed by atoms with Crippen LogP contribution in [0.15, 0.2) is 0 Å². The minimum absolute atomic E-state index is 0.437. The van der Waals surface area contributed by atoms with E-state index in [2.05, 4.69) is 62.3 Å². The van der Waals surface area contributed by atoms with Gasteiger partial charge in [0.15, 0.2) is 0 Å². The van der Waals surface area contributed by atoms with Crippen molar-refractivity contribution in [1.29, 1.82) is 0 Å². The second-order valence-corrected chi connectivity index (χ2v) is 16.1. The lowest BCUT2D eigenvalue weighted by molar-refractivity contribution is -0.151. The Hall–Kier alpha value is 0. The molecular weight excluding hydrogens is 540 g/mol. The molecule has 3 atom stereocenters. The SMILES string of the molecule is CCCCCCCCC(CCCCCCC)C(CCCCC)(CCCCCC)C(CCCC)(CCCCCC)C(C)(CC)CC. The van der Waals surface area contributed by atoms with Crippen molar-refractivity contribution in [3.63, 3.8) is 0 Å². The van der Waals surface area contributed by atoms with Crippen molar-refractivity contribution in [1.82, 2.24) is 0 Å². The molecule has 0 aromatic carbocycles. The van der Waals surface area contributed by atoms with E-state index >= 15 is 0 Å². The predicted molar refractivity (Wildman–Crippen MR) is 210 cm³/mol. The molecule has 0 fully saturated rings. The minimum atomic E-state index is 0.437. The summed E-state index contributed by atoms with van der Waals surface area (Å²) in [5, 5.41) is 0. The summed E-state index contributed by atoms with van der Waals surface area (Å²) >= 11 is 0. The second-order valence-electron chi connectivity index (χ2n) is 16.1. The average molecular weight is 633 g/mol. The molecule has 0 nitrogen and oxygen atoms in total. The fourth-order valence-corrected chi connectivity index (χ4v) is 9.91. The quantitative estimate of drug-likeness (QED) is 0.0610. The number of unbranched alkanes of at least 4 members (excludes halogenated alkanes) is 18. The lowest BCUT2D eigenvalue weighted by Crippen LogP contribution is -2.56. The maximum Gasteiger partial charge on any atom is -0.0185 e. The van der Waals surface area contributed by atoms with E-state index in [0.717, 1.165) is 5.92 Å². The molecular formula is C45H92. The Kier molecular flexibility index (Phi) is 29.0. The Morgan fingerprint density at radius 1 is 0.333 bits per heavy atom. The third-order valence-corrected chi connectivity index (χ3v) is 13.1. The Bertz CT molecular complexity index is 601. The first-order valence-corrected chi connectivity index (χ1v) is 21.9. The van der Waals surface area contributed by atoms with E-state index in [-0.39, 0.29) is 0 Å². The smallest absolute Gasteiger partial charge is 0.0185 e. The second kappa shape index (κ2) is 29.0. The van der Waals surface area contributed by atoms with Gasteiger partial charge in [-0.3, -0.25) is 0 Å². The van der Waals surface area contributed by atoms with Crippen LogP contribution in [0.2, 0.25) is 0 Å². The summed E-state index contributed by atoms with van der Waals surface area (Å²) < 4.78 is 0. The first-order chi connectivity index (χ1) is 21.9. The van der Waals surface area contributed by atoms with Crippen LogP contribution < -0.4 is 0 Å². The van der Waals surface area contributed by atoms with Gasteiger partial charge >= 0.3 is 0 Å². The Morgan fingerprint density at radius 2 is 0.644 bits per heavy atom. The molecule has 3 unspecified atom stereocenters. The van der Waals surface area contributed by atoms with Gasteiger partial charge in [0.1, 0.15) is 0 Å². The maximum absolute atomic E-state index is 2.81. The summed E-state index contributed by atoms with van der Waals surface area (Å²) in [7, 11) is 0. The standard InChI is InChI=1S/C45H92/c1-10-18-24-28-30-32-37-42(36-31-29-25-19-11-2)44(38-33-22-14-5,39-34-26-20-12-3)45(40-23-15-6,41-35-27-21-13-4)43(9,16-7)17-8/h42H,10-41H2,1-9H3. The topological polar surface area (TPSA) is 0 Å². The molecule has 0 saturated carbocycles. The van der Waals surface area contributed by atoms with Gasteiger partial charge in [-0.15, -0.1) is 0 Å². The van der Waals surface area contributed by atoms with Gasteiger partial charge in [0, 0.05) is 0 Å². The molecule has 0 amide bonds. The van der Waals surface area contributed by atoms with Crippen molar-refractivity contribution in [2.45, 2.75) is 268 Å². The normalized spacial score (nSPS) is 15.7. The molecule has 0 saturated heterocycles. The summed E-state index contributed by atoms with van der Waals surface area (Å²) in [5.74, 6) is 0.921. The Labute approximate surface area is 289 Å². The lowest BCUT2D eigenvalue weighted by Gasteiger charge is -2.64. The monoisotopic (exact) mass is 633 g/mol. The molecule has 0 aliphatic rings. The zero-order valence-electron chi connectivity index (χ0n) is 33.7. The van der Waals surface area contributed by atoms with Gasteiger partial charge in [-0.05, 0) is 60.7 Å². The first-order valence-electron chi connectivity index (χ1n) is 21.9. The zero-order valence-corrected chi connectivity index (χ0v) is 33.7. The van der Waals surface area contributed by atoms with E-state index < -0.39 is 0 Å². The summed E-state index contributed by atoms with van der Waals surface area (Å²) in [5.41, 5.74) is 1.42. The molecule has 0 aliphatic heterocycles. The van der Waals surface area contributed by atoms with Gasteiger partial charge in [-0.1, -0.05) is 229 Å². The van der Waals surface area contributed by atoms with Crippen molar-refractivity contribution in [2.24, 2.45) is 22.2 Å². The lowest BCUT2D eigenvalue weighted by atomic mass is 9.40. The van der Waals surface area contributed by atoms with Crippen LogP contribution >= 0.6 is 0 Å². The van der Waals surface area contributed by atoms with E-state index in [1.165, 1.54) is 205 Å². The summed E-state index contributed by atoms with van der Waals surface area (Å²) in [6.07, 6.45) is 46.2. The third-order valence-electron chi connectivity index (χ3n) is 13.1. The van der Waals surface area contributed by atoms with Gasteiger partial charge in [0.2, 0.25) is 0 Å². The molecule has 0 rings (SSSR count). The van der Waals surface area contributed by atoms with Crippen LogP contribution in [-0.4, -0.2) is 0 Å². The van der Waals surface area contributed by atoms with Gasteiger partial charge in [0.05, 0.1) is 0 Å². The van der Waals surface area contributed by atoms with Crippen molar-refractivity contribution < 1.29 is 0 Å². The first kappa shape index (κ1) is 45.0. The maximum atomic E-state index is 2.81. The van der Waals surface area contributed by atoms with Crippen LogP contribution in [0.3, 0.4) is 0 Å². The fourth-order valence-electron chi connectivity index (χ4n) is 9.91. The summed E-state index contributed by atoms with van der Waals surface area (Å²) in [4.78, 5) is 0. The largest absolute Gasteiger partial charge is 0.0654 e. The van der Waals surface area contributed by atoms with E-state index in [9.17, 15) is 0 Å².